The molecule has 0 N–H and O–H groups in total. The predicted octanol–water partition coefficient (Wildman–Crippen LogP) is 1.88. The number of hydrogen-bond acceptors (Lipinski definition) is 5. The first-order chi connectivity index (χ1) is 9.70. The lowest BCUT2D eigenvalue weighted by molar-refractivity contribution is -0.154. The molecule has 0 fully saturated rings. The van der Waals surface area contributed by atoms with Crippen LogP contribution in [0, 0.1) is 0 Å². The van der Waals surface area contributed by atoms with Crippen LogP contribution >= 0.6 is 0 Å². The van der Waals surface area contributed by atoms with E-state index in [1.807, 2.05) is 24.3 Å². The molecule has 0 radical (unpaired) electrons. The van der Waals surface area contributed by atoms with E-state index in [2.05, 4.69) is 4.98 Å². The van der Waals surface area contributed by atoms with Gasteiger partial charge in [-0.15, -0.1) is 0 Å². The second kappa shape index (κ2) is 5.02. The fraction of sp³-hybridized carbons (Fsp3) is 0.267. The number of Topliss-reactive ketones (excluding diaryl/α,β-unsaturated/α-hetero) is 1. The number of carbonyl (C=O) groups is 2. The zero-order valence-corrected chi connectivity index (χ0v) is 11.0. The zero-order chi connectivity index (χ0) is 14.1. The second-order valence-electron chi connectivity index (χ2n) is 4.48. The Balaban J connectivity index is 2.02. The van der Waals surface area contributed by atoms with Crippen LogP contribution in [-0.4, -0.2) is 29.4 Å². The molecule has 1 aromatic carbocycles. The minimum Gasteiger partial charge on any atom is -0.464 e. The number of rotatable bonds is 2. The van der Waals surface area contributed by atoms with Gasteiger partial charge in [0.15, 0.2) is 0 Å². The lowest BCUT2D eigenvalue weighted by Crippen LogP contribution is -2.38. The van der Waals surface area contributed by atoms with Crippen molar-refractivity contribution in [2.75, 3.05) is 6.61 Å². The molecule has 0 amide bonds. The number of ether oxygens (including phenoxy) is 2. The summed E-state index contributed by atoms with van der Waals surface area (Å²) in [6, 6.07) is 9.27. The van der Waals surface area contributed by atoms with Crippen LogP contribution in [0.2, 0.25) is 0 Å². The minimum absolute atomic E-state index is 0.134. The predicted molar refractivity (Wildman–Crippen MR) is 71.3 cm³/mol. The fourth-order valence-corrected chi connectivity index (χ4v) is 2.25. The summed E-state index contributed by atoms with van der Waals surface area (Å²) in [5.41, 5.74) is 1.81. The summed E-state index contributed by atoms with van der Waals surface area (Å²) in [5, 5.41) is 0.865. The molecule has 0 saturated carbocycles. The molecule has 5 nitrogen and oxygen atoms in total. The van der Waals surface area contributed by atoms with Crippen molar-refractivity contribution in [1.29, 1.82) is 0 Å². The Morgan fingerprint density at radius 2 is 2.25 bits per heavy atom. The highest BCUT2D eigenvalue weighted by atomic mass is 16.6. The SMILES string of the molecule is CCOC(=O)C1OCc2nc3ccccc3cc2C1=O. The maximum atomic E-state index is 12.3. The van der Waals surface area contributed by atoms with Crippen molar-refractivity contribution in [1.82, 2.24) is 4.98 Å². The average Bonchev–Trinajstić information content (AvgIpc) is 2.46. The molecule has 1 aliphatic rings. The van der Waals surface area contributed by atoms with Gasteiger partial charge >= 0.3 is 5.97 Å². The molecule has 0 bridgehead atoms. The topological polar surface area (TPSA) is 65.5 Å². The van der Waals surface area contributed by atoms with Crippen molar-refractivity contribution >= 4 is 22.7 Å². The Kier molecular flexibility index (Phi) is 3.20. The van der Waals surface area contributed by atoms with E-state index >= 15 is 0 Å². The quantitative estimate of drug-likeness (QED) is 0.616. The van der Waals surface area contributed by atoms with E-state index in [9.17, 15) is 9.59 Å². The van der Waals surface area contributed by atoms with Gasteiger partial charge in [-0.1, -0.05) is 18.2 Å². The van der Waals surface area contributed by atoms with Gasteiger partial charge < -0.3 is 9.47 Å². The van der Waals surface area contributed by atoms with E-state index in [4.69, 9.17) is 9.47 Å². The number of para-hydroxylation sites is 1. The normalized spacial score (nSPS) is 17.9. The van der Waals surface area contributed by atoms with Crippen molar-refractivity contribution in [3.63, 3.8) is 0 Å². The third kappa shape index (κ3) is 2.06. The Hall–Kier alpha value is -2.27. The summed E-state index contributed by atoms with van der Waals surface area (Å²) >= 11 is 0. The van der Waals surface area contributed by atoms with Gasteiger partial charge in [0.25, 0.3) is 0 Å². The molecule has 0 saturated heterocycles. The van der Waals surface area contributed by atoms with E-state index in [-0.39, 0.29) is 19.0 Å². The van der Waals surface area contributed by atoms with E-state index in [0.29, 0.717) is 11.3 Å². The van der Waals surface area contributed by atoms with E-state index in [0.717, 1.165) is 10.9 Å². The van der Waals surface area contributed by atoms with Gasteiger partial charge in [-0.05, 0) is 19.1 Å². The highest BCUT2D eigenvalue weighted by molar-refractivity contribution is 6.13. The van der Waals surface area contributed by atoms with Crippen molar-refractivity contribution in [3.05, 3.63) is 41.6 Å². The third-order valence-electron chi connectivity index (χ3n) is 3.19. The Morgan fingerprint density at radius 3 is 3.05 bits per heavy atom. The summed E-state index contributed by atoms with van der Waals surface area (Å²) in [7, 11) is 0. The second-order valence-corrected chi connectivity index (χ2v) is 4.48. The highest BCUT2D eigenvalue weighted by Gasteiger charge is 2.35. The number of fused-ring (bicyclic) bond motifs is 2. The highest BCUT2D eigenvalue weighted by Crippen LogP contribution is 2.24. The van der Waals surface area contributed by atoms with Gasteiger partial charge in [0.1, 0.15) is 0 Å². The third-order valence-corrected chi connectivity index (χ3v) is 3.19. The zero-order valence-electron chi connectivity index (χ0n) is 11.0. The monoisotopic (exact) mass is 271 g/mol. The Morgan fingerprint density at radius 1 is 1.45 bits per heavy atom. The van der Waals surface area contributed by atoms with Crippen LogP contribution in [0.25, 0.3) is 10.9 Å². The number of carbonyl (C=O) groups excluding carboxylic acids is 2. The van der Waals surface area contributed by atoms with Crippen LogP contribution in [0.4, 0.5) is 0 Å². The van der Waals surface area contributed by atoms with E-state index < -0.39 is 12.1 Å². The lowest BCUT2D eigenvalue weighted by atomic mass is 9.99. The molecule has 1 atom stereocenters. The number of pyridine rings is 1. The van der Waals surface area contributed by atoms with Gasteiger partial charge in [0.2, 0.25) is 11.9 Å². The number of benzene rings is 1. The summed E-state index contributed by atoms with van der Waals surface area (Å²) in [5.74, 6) is -1.03. The van der Waals surface area contributed by atoms with Crippen LogP contribution in [0.3, 0.4) is 0 Å². The van der Waals surface area contributed by atoms with E-state index in [1.165, 1.54) is 0 Å². The molecule has 1 aliphatic heterocycles. The van der Waals surface area contributed by atoms with Gasteiger partial charge in [0, 0.05) is 10.9 Å². The number of esters is 1. The Labute approximate surface area is 115 Å². The summed E-state index contributed by atoms with van der Waals surface area (Å²) in [6.07, 6.45) is -1.18. The van der Waals surface area contributed by atoms with Crippen LogP contribution in [0.1, 0.15) is 23.0 Å². The number of hydrogen-bond donors (Lipinski definition) is 0. The molecule has 0 aliphatic carbocycles. The molecule has 3 rings (SSSR count). The van der Waals surface area contributed by atoms with Gasteiger partial charge in [-0.3, -0.25) is 4.79 Å². The first-order valence-electron chi connectivity index (χ1n) is 6.42. The smallest absolute Gasteiger partial charge is 0.343 e. The largest absolute Gasteiger partial charge is 0.464 e. The van der Waals surface area contributed by atoms with Gasteiger partial charge in [0.05, 0.1) is 24.4 Å². The maximum Gasteiger partial charge on any atom is 0.343 e. The van der Waals surface area contributed by atoms with Crippen molar-refractivity contribution in [2.45, 2.75) is 19.6 Å². The van der Waals surface area contributed by atoms with Gasteiger partial charge in [-0.25, -0.2) is 9.78 Å². The first kappa shape index (κ1) is 12.7. The van der Waals surface area contributed by atoms with E-state index in [1.54, 1.807) is 13.0 Å². The van der Waals surface area contributed by atoms with Crippen LogP contribution in [-0.2, 0) is 20.9 Å². The number of nitrogens with zero attached hydrogens (tertiary/aromatic N) is 1. The van der Waals surface area contributed by atoms with Crippen LogP contribution in [0.5, 0.6) is 0 Å². The van der Waals surface area contributed by atoms with Crippen molar-refractivity contribution in [2.24, 2.45) is 0 Å². The number of aromatic nitrogens is 1. The lowest BCUT2D eigenvalue weighted by Gasteiger charge is -2.22. The fourth-order valence-electron chi connectivity index (χ4n) is 2.25. The first-order valence-corrected chi connectivity index (χ1v) is 6.42. The summed E-state index contributed by atoms with van der Waals surface area (Å²) in [4.78, 5) is 28.4. The van der Waals surface area contributed by atoms with Crippen molar-refractivity contribution < 1.29 is 19.1 Å². The molecule has 0 spiro atoms. The molecule has 5 heteroatoms. The molecule has 20 heavy (non-hydrogen) atoms. The molecular formula is C15H13NO4. The van der Waals surface area contributed by atoms with Crippen LogP contribution < -0.4 is 0 Å². The summed E-state index contributed by atoms with van der Waals surface area (Å²) in [6.45, 7) is 2.04. The molecular weight excluding hydrogens is 258 g/mol. The standard InChI is InChI=1S/C15H13NO4/c1-2-19-15(18)14-13(17)10-7-9-5-3-4-6-11(9)16-12(10)8-20-14/h3-7,14H,2,8H2,1H3. The molecule has 2 aromatic rings. The summed E-state index contributed by atoms with van der Waals surface area (Å²) < 4.78 is 10.1. The molecule has 1 unspecified atom stereocenters. The average molecular weight is 271 g/mol. The maximum absolute atomic E-state index is 12.3. The van der Waals surface area contributed by atoms with Crippen molar-refractivity contribution in [3.8, 4) is 0 Å². The number of ketones is 1. The molecule has 1 aromatic heterocycles. The molecule has 102 valence electrons. The van der Waals surface area contributed by atoms with Crippen LogP contribution in [0.15, 0.2) is 30.3 Å². The van der Waals surface area contributed by atoms with Gasteiger partial charge in [-0.2, -0.15) is 0 Å². The minimum atomic E-state index is -1.18. The molecule has 2 heterocycles. The Bertz CT molecular complexity index is 695.